The average Bonchev–Trinajstić information content (AvgIpc) is 2.47. The summed E-state index contributed by atoms with van der Waals surface area (Å²) in [6.45, 7) is 1.93. The minimum atomic E-state index is -1.23. The summed E-state index contributed by atoms with van der Waals surface area (Å²) in [5.74, 6) is -0.521. The van der Waals surface area contributed by atoms with Crippen molar-refractivity contribution in [3.05, 3.63) is 71.5 Å². The van der Waals surface area contributed by atoms with E-state index in [1.54, 1.807) is 38.2 Å². The van der Waals surface area contributed by atoms with Gasteiger partial charge in [0.2, 0.25) is 5.91 Å². The fourth-order valence-electron chi connectivity index (χ4n) is 2.33. The Bertz CT molecular complexity index is 641. The van der Waals surface area contributed by atoms with Crippen molar-refractivity contribution in [3.8, 4) is 0 Å². The van der Waals surface area contributed by atoms with Gasteiger partial charge in [0, 0.05) is 13.6 Å². The van der Waals surface area contributed by atoms with E-state index >= 15 is 0 Å². The van der Waals surface area contributed by atoms with Gasteiger partial charge in [0.25, 0.3) is 0 Å². The highest BCUT2D eigenvalue weighted by atomic mass is 19.1. The largest absolute Gasteiger partial charge is 0.385 e. The van der Waals surface area contributed by atoms with Crippen molar-refractivity contribution in [1.82, 2.24) is 4.90 Å². The Hall–Kier alpha value is -2.20. The van der Waals surface area contributed by atoms with Gasteiger partial charge in [-0.25, -0.2) is 4.39 Å². The number of carbonyl (C=O) groups excluding carboxylic acids is 1. The van der Waals surface area contributed by atoms with E-state index in [-0.39, 0.29) is 18.1 Å². The van der Waals surface area contributed by atoms with Crippen LogP contribution in [0.5, 0.6) is 0 Å². The summed E-state index contributed by atoms with van der Waals surface area (Å²) >= 11 is 0. The van der Waals surface area contributed by atoms with Crippen LogP contribution in [0.15, 0.2) is 54.6 Å². The number of carbonyl (C=O) groups is 1. The second-order valence-electron chi connectivity index (χ2n) is 5.70. The lowest BCUT2D eigenvalue weighted by Crippen LogP contribution is -2.34. The maximum atomic E-state index is 13.2. The molecule has 22 heavy (non-hydrogen) atoms. The molecule has 0 aromatic heterocycles. The molecule has 3 nitrogen and oxygen atoms in total. The molecule has 0 fully saturated rings. The van der Waals surface area contributed by atoms with Crippen molar-refractivity contribution in [1.29, 1.82) is 0 Å². The number of hydrogen-bond donors (Lipinski definition) is 1. The molecule has 2 rings (SSSR count). The SMILES string of the molecule is CN(Cc1cccc(F)c1)C(=O)CC(C)(O)c1ccccc1. The van der Waals surface area contributed by atoms with Gasteiger partial charge >= 0.3 is 0 Å². The molecular weight excluding hydrogens is 281 g/mol. The first kappa shape index (κ1) is 16.2. The van der Waals surface area contributed by atoms with Crippen molar-refractivity contribution in [2.75, 3.05) is 7.05 Å². The Morgan fingerprint density at radius 3 is 2.50 bits per heavy atom. The Morgan fingerprint density at radius 2 is 1.86 bits per heavy atom. The van der Waals surface area contributed by atoms with Gasteiger partial charge in [-0.1, -0.05) is 42.5 Å². The van der Waals surface area contributed by atoms with Gasteiger partial charge in [0.05, 0.1) is 12.0 Å². The lowest BCUT2D eigenvalue weighted by molar-refractivity contribution is -0.135. The van der Waals surface area contributed by atoms with Gasteiger partial charge < -0.3 is 10.0 Å². The fraction of sp³-hybridized carbons (Fsp3) is 0.278. The van der Waals surface area contributed by atoms with Crippen LogP contribution in [0.4, 0.5) is 4.39 Å². The zero-order valence-electron chi connectivity index (χ0n) is 12.8. The van der Waals surface area contributed by atoms with Crippen LogP contribution in [0.1, 0.15) is 24.5 Å². The molecule has 1 unspecified atom stereocenters. The van der Waals surface area contributed by atoms with Crippen LogP contribution in [0, 0.1) is 5.82 Å². The van der Waals surface area contributed by atoms with E-state index in [1.807, 2.05) is 18.2 Å². The number of rotatable bonds is 5. The molecule has 2 aromatic rings. The van der Waals surface area contributed by atoms with Crippen LogP contribution >= 0.6 is 0 Å². The third kappa shape index (κ3) is 4.15. The summed E-state index contributed by atoms with van der Waals surface area (Å²) in [5.41, 5.74) is 0.187. The zero-order valence-corrected chi connectivity index (χ0v) is 12.8. The van der Waals surface area contributed by atoms with Crippen LogP contribution < -0.4 is 0 Å². The van der Waals surface area contributed by atoms with Crippen LogP contribution in [-0.2, 0) is 16.9 Å². The predicted molar refractivity (Wildman–Crippen MR) is 83.5 cm³/mol. The van der Waals surface area contributed by atoms with E-state index in [4.69, 9.17) is 0 Å². The molecular formula is C18H20FNO2. The maximum absolute atomic E-state index is 13.2. The summed E-state index contributed by atoms with van der Waals surface area (Å²) in [6.07, 6.45) is -0.0250. The first-order chi connectivity index (χ1) is 10.4. The molecule has 1 N–H and O–H groups in total. The quantitative estimate of drug-likeness (QED) is 0.922. The molecule has 0 aliphatic rings. The Balaban J connectivity index is 2.02. The van der Waals surface area contributed by atoms with E-state index < -0.39 is 5.60 Å². The molecule has 0 radical (unpaired) electrons. The predicted octanol–water partition coefficient (Wildman–Crippen LogP) is 3.08. The molecule has 0 heterocycles. The van der Waals surface area contributed by atoms with Gasteiger partial charge in [0.15, 0.2) is 0 Å². The van der Waals surface area contributed by atoms with Gasteiger partial charge in [-0.15, -0.1) is 0 Å². The van der Waals surface area contributed by atoms with Crippen molar-refractivity contribution in [3.63, 3.8) is 0 Å². The third-order valence-electron chi connectivity index (χ3n) is 3.63. The Morgan fingerprint density at radius 1 is 1.18 bits per heavy atom. The van der Waals surface area contributed by atoms with Crippen LogP contribution in [0.3, 0.4) is 0 Å². The van der Waals surface area contributed by atoms with Gasteiger partial charge in [0.1, 0.15) is 5.82 Å². The number of benzene rings is 2. The van der Waals surface area contributed by atoms with Crippen molar-refractivity contribution >= 4 is 5.91 Å². The number of hydrogen-bond acceptors (Lipinski definition) is 2. The molecule has 0 saturated heterocycles. The summed E-state index contributed by atoms with van der Waals surface area (Å²) in [5, 5.41) is 10.5. The smallest absolute Gasteiger partial charge is 0.225 e. The summed E-state index contributed by atoms with van der Waals surface area (Å²) in [7, 11) is 1.65. The lowest BCUT2D eigenvalue weighted by atomic mass is 9.92. The van der Waals surface area contributed by atoms with E-state index in [2.05, 4.69) is 0 Å². The van der Waals surface area contributed by atoms with E-state index in [0.29, 0.717) is 12.1 Å². The molecule has 0 aliphatic carbocycles. The minimum absolute atomic E-state index is 0.0250. The maximum Gasteiger partial charge on any atom is 0.225 e. The third-order valence-corrected chi connectivity index (χ3v) is 3.63. The van der Waals surface area contributed by atoms with E-state index in [9.17, 15) is 14.3 Å². The number of nitrogens with zero attached hydrogens (tertiary/aromatic N) is 1. The highest BCUT2D eigenvalue weighted by Gasteiger charge is 2.27. The van der Waals surface area contributed by atoms with Crippen molar-refractivity contribution in [2.24, 2.45) is 0 Å². The molecule has 116 valence electrons. The van der Waals surface area contributed by atoms with Gasteiger partial charge in [-0.05, 0) is 30.2 Å². The number of halogens is 1. The molecule has 1 amide bonds. The molecule has 0 aliphatic heterocycles. The van der Waals surface area contributed by atoms with Crippen LogP contribution in [0.2, 0.25) is 0 Å². The van der Waals surface area contributed by atoms with Crippen LogP contribution in [0.25, 0.3) is 0 Å². The van der Waals surface area contributed by atoms with Gasteiger partial charge in [-0.2, -0.15) is 0 Å². The number of amides is 1. The van der Waals surface area contributed by atoms with Crippen LogP contribution in [-0.4, -0.2) is 23.0 Å². The highest BCUT2D eigenvalue weighted by molar-refractivity contribution is 5.77. The molecule has 0 saturated carbocycles. The van der Waals surface area contributed by atoms with Crippen molar-refractivity contribution in [2.45, 2.75) is 25.5 Å². The standard InChI is InChI=1S/C18H20FNO2/c1-18(22,15-8-4-3-5-9-15)12-17(21)20(2)13-14-7-6-10-16(19)11-14/h3-11,22H,12-13H2,1-2H3. The summed E-state index contributed by atoms with van der Waals surface area (Å²) in [4.78, 5) is 13.8. The molecule has 0 bridgehead atoms. The molecule has 1 atom stereocenters. The second-order valence-corrected chi connectivity index (χ2v) is 5.70. The first-order valence-corrected chi connectivity index (χ1v) is 7.15. The molecule has 0 spiro atoms. The zero-order chi connectivity index (χ0) is 16.2. The normalized spacial score (nSPS) is 13.5. The minimum Gasteiger partial charge on any atom is -0.385 e. The molecule has 2 aromatic carbocycles. The second kappa shape index (κ2) is 6.71. The lowest BCUT2D eigenvalue weighted by Gasteiger charge is -2.26. The monoisotopic (exact) mass is 301 g/mol. The number of aliphatic hydroxyl groups is 1. The van der Waals surface area contributed by atoms with Crippen molar-refractivity contribution < 1.29 is 14.3 Å². The Labute approximate surface area is 130 Å². The van der Waals surface area contributed by atoms with Gasteiger partial charge in [-0.3, -0.25) is 4.79 Å². The highest BCUT2D eigenvalue weighted by Crippen LogP contribution is 2.25. The Kier molecular flexibility index (Phi) is 4.93. The topological polar surface area (TPSA) is 40.5 Å². The average molecular weight is 301 g/mol. The summed E-state index contributed by atoms with van der Waals surface area (Å²) in [6, 6.07) is 15.2. The van der Waals surface area contributed by atoms with E-state index in [0.717, 1.165) is 5.56 Å². The summed E-state index contributed by atoms with van der Waals surface area (Å²) < 4.78 is 13.2. The fourth-order valence-corrected chi connectivity index (χ4v) is 2.33. The van der Waals surface area contributed by atoms with E-state index in [1.165, 1.54) is 17.0 Å². The first-order valence-electron chi connectivity index (χ1n) is 7.15. The molecule has 4 heteroatoms.